The minimum absolute atomic E-state index is 0.260. The maximum atomic E-state index is 13.9. The molecule has 0 aliphatic carbocycles. The molecule has 168 valence electrons. The van der Waals surface area contributed by atoms with Gasteiger partial charge in [-0.3, -0.25) is 9.78 Å². The van der Waals surface area contributed by atoms with E-state index >= 15 is 0 Å². The second-order valence-electron chi connectivity index (χ2n) is 9.17. The van der Waals surface area contributed by atoms with E-state index in [1.54, 1.807) is 0 Å². The smallest absolute Gasteiger partial charge is 0.233 e. The van der Waals surface area contributed by atoms with Gasteiger partial charge in [0, 0.05) is 49.9 Å². The molecule has 3 aromatic rings. The van der Waals surface area contributed by atoms with E-state index in [2.05, 4.69) is 32.6 Å². The zero-order valence-electron chi connectivity index (χ0n) is 18.4. The van der Waals surface area contributed by atoms with Crippen LogP contribution in [0.3, 0.4) is 0 Å². The van der Waals surface area contributed by atoms with Crippen LogP contribution in [0.1, 0.15) is 43.4 Å². The van der Waals surface area contributed by atoms with Crippen LogP contribution in [0.15, 0.2) is 55.0 Å². The van der Waals surface area contributed by atoms with Crippen molar-refractivity contribution in [3.8, 4) is 0 Å². The average Bonchev–Trinajstić information content (AvgIpc) is 3.20. The van der Waals surface area contributed by atoms with E-state index in [4.69, 9.17) is 16.3 Å². The molecule has 0 spiro atoms. The van der Waals surface area contributed by atoms with Gasteiger partial charge in [0.2, 0.25) is 5.91 Å². The van der Waals surface area contributed by atoms with Crippen LogP contribution >= 0.6 is 11.6 Å². The van der Waals surface area contributed by atoms with Crippen molar-refractivity contribution in [3.05, 3.63) is 71.3 Å². The van der Waals surface area contributed by atoms with E-state index in [1.807, 2.05) is 36.7 Å². The van der Waals surface area contributed by atoms with Gasteiger partial charge in [-0.15, -0.1) is 0 Å². The number of ether oxygens (including phenoxy) is 1. The zero-order valence-corrected chi connectivity index (χ0v) is 19.1. The summed E-state index contributed by atoms with van der Waals surface area (Å²) in [6, 6.07) is 12.0. The maximum absolute atomic E-state index is 13.9. The molecule has 2 aliphatic rings. The Morgan fingerprint density at radius 2 is 1.91 bits per heavy atom. The first-order chi connectivity index (χ1) is 15.7. The number of carbonyl (C=O) groups is 1. The quantitative estimate of drug-likeness (QED) is 0.566. The lowest BCUT2D eigenvalue weighted by molar-refractivity contribution is -0.141. The monoisotopic (exact) mass is 451 g/mol. The number of amides is 1. The van der Waals surface area contributed by atoms with Gasteiger partial charge in [0.1, 0.15) is 0 Å². The molecule has 32 heavy (non-hydrogen) atoms. The summed E-state index contributed by atoms with van der Waals surface area (Å²) in [6.45, 7) is 2.88. The standard InChI is InChI=1S/C26H30ClN3O2/c27-22-7-5-21(6-8-22)26(10-17-32-18-11-26)25(31)30-14-1-3-20(9-15-30)19-23-24-4-2-13-29(24)16-12-28-23/h2,4-8,12-13,16,20H,1,3,9-11,14-15,17-19H2/t20-/m1/s1. The van der Waals surface area contributed by atoms with Gasteiger partial charge in [-0.05, 0) is 74.3 Å². The molecule has 5 nitrogen and oxygen atoms in total. The Morgan fingerprint density at radius 1 is 1.09 bits per heavy atom. The SMILES string of the molecule is O=C(N1CCC[C@@H](Cc2nccn3cccc23)CC1)C1(c2ccc(Cl)cc2)CCOCC1. The van der Waals surface area contributed by atoms with E-state index in [0.717, 1.165) is 62.9 Å². The highest BCUT2D eigenvalue weighted by Crippen LogP contribution is 2.38. The molecule has 4 heterocycles. The van der Waals surface area contributed by atoms with Gasteiger partial charge >= 0.3 is 0 Å². The summed E-state index contributed by atoms with van der Waals surface area (Å²) in [5, 5.41) is 0.702. The van der Waals surface area contributed by atoms with Crippen LogP contribution in [0.4, 0.5) is 0 Å². The Balaban J connectivity index is 1.32. The second-order valence-corrected chi connectivity index (χ2v) is 9.61. The van der Waals surface area contributed by atoms with Crippen molar-refractivity contribution in [3.63, 3.8) is 0 Å². The molecule has 2 aliphatic heterocycles. The minimum Gasteiger partial charge on any atom is -0.381 e. The van der Waals surface area contributed by atoms with Gasteiger partial charge < -0.3 is 14.0 Å². The van der Waals surface area contributed by atoms with E-state index in [-0.39, 0.29) is 5.91 Å². The fourth-order valence-corrected chi connectivity index (χ4v) is 5.58. The highest BCUT2D eigenvalue weighted by Gasteiger charge is 2.44. The minimum atomic E-state index is -0.498. The Bertz CT molecular complexity index is 1070. The highest BCUT2D eigenvalue weighted by molar-refractivity contribution is 6.30. The van der Waals surface area contributed by atoms with Gasteiger partial charge in [0.05, 0.1) is 16.6 Å². The predicted molar refractivity (Wildman–Crippen MR) is 126 cm³/mol. The molecule has 5 rings (SSSR count). The van der Waals surface area contributed by atoms with Crippen molar-refractivity contribution in [1.29, 1.82) is 0 Å². The van der Waals surface area contributed by atoms with Crippen LogP contribution in [0, 0.1) is 5.92 Å². The third-order valence-electron chi connectivity index (χ3n) is 7.30. The summed E-state index contributed by atoms with van der Waals surface area (Å²) < 4.78 is 7.77. The van der Waals surface area contributed by atoms with Crippen LogP contribution in [0.2, 0.25) is 5.02 Å². The van der Waals surface area contributed by atoms with Gasteiger partial charge in [0.15, 0.2) is 0 Å². The Hall–Kier alpha value is -2.37. The lowest BCUT2D eigenvalue weighted by atomic mass is 9.73. The van der Waals surface area contributed by atoms with Gasteiger partial charge in [-0.2, -0.15) is 0 Å². The molecule has 0 radical (unpaired) electrons. The largest absolute Gasteiger partial charge is 0.381 e. The molecule has 1 amide bonds. The number of hydrogen-bond donors (Lipinski definition) is 0. The fourth-order valence-electron chi connectivity index (χ4n) is 5.45. The molecule has 1 atom stereocenters. The Kier molecular flexibility index (Phi) is 6.20. The normalized spacial score (nSPS) is 21.4. The van der Waals surface area contributed by atoms with Crippen molar-refractivity contribution in [1.82, 2.24) is 14.3 Å². The molecule has 2 aromatic heterocycles. The summed E-state index contributed by atoms with van der Waals surface area (Å²) in [5.41, 5.74) is 2.92. The molecule has 2 saturated heterocycles. The number of nitrogens with zero attached hydrogens (tertiary/aromatic N) is 3. The number of hydrogen-bond acceptors (Lipinski definition) is 3. The number of benzene rings is 1. The van der Waals surface area contributed by atoms with E-state index in [9.17, 15) is 4.79 Å². The van der Waals surface area contributed by atoms with Crippen molar-refractivity contribution < 1.29 is 9.53 Å². The molecule has 2 fully saturated rings. The van der Waals surface area contributed by atoms with Crippen LogP contribution < -0.4 is 0 Å². The van der Waals surface area contributed by atoms with Crippen LogP contribution in [-0.4, -0.2) is 46.5 Å². The number of fused-ring (bicyclic) bond motifs is 1. The summed E-state index contributed by atoms with van der Waals surface area (Å²) in [5.74, 6) is 0.804. The molecule has 6 heteroatoms. The number of rotatable bonds is 4. The highest BCUT2D eigenvalue weighted by atomic mass is 35.5. The molecule has 0 saturated carbocycles. The third-order valence-corrected chi connectivity index (χ3v) is 7.55. The molecule has 0 unspecified atom stereocenters. The van der Waals surface area contributed by atoms with Gasteiger partial charge in [-0.1, -0.05) is 23.7 Å². The predicted octanol–water partition coefficient (Wildman–Crippen LogP) is 4.91. The van der Waals surface area contributed by atoms with Crippen molar-refractivity contribution in [2.24, 2.45) is 5.92 Å². The fraction of sp³-hybridized carbons (Fsp3) is 0.462. The Morgan fingerprint density at radius 3 is 2.72 bits per heavy atom. The molecule has 0 bridgehead atoms. The average molecular weight is 452 g/mol. The summed E-state index contributed by atoms with van der Waals surface area (Å²) in [6.07, 6.45) is 11.6. The number of halogens is 1. The van der Waals surface area contributed by atoms with Crippen molar-refractivity contribution in [2.45, 2.75) is 43.9 Å². The zero-order chi connectivity index (χ0) is 22.0. The van der Waals surface area contributed by atoms with Gasteiger partial charge in [0.25, 0.3) is 0 Å². The van der Waals surface area contributed by atoms with Gasteiger partial charge in [-0.25, -0.2) is 0 Å². The lowest BCUT2D eigenvalue weighted by Crippen LogP contribution is -2.50. The van der Waals surface area contributed by atoms with Crippen molar-refractivity contribution in [2.75, 3.05) is 26.3 Å². The summed E-state index contributed by atoms with van der Waals surface area (Å²) >= 11 is 6.13. The van der Waals surface area contributed by atoms with Crippen LogP contribution in [-0.2, 0) is 21.4 Å². The summed E-state index contributed by atoms with van der Waals surface area (Å²) in [7, 11) is 0. The van der Waals surface area contributed by atoms with Crippen molar-refractivity contribution >= 4 is 23.0 Å². The summed E-state index contributed by atoms with van der Waals surface area (Å²) in [4.78, 5) is 20.7. The number of aromatic nitrogens is 2. The first-order valence-electron chi connectivity index (χ1n) is 11.7. The van der Waals surface area contributed by atoms with E-state index in [1.165, 1.54) is 5.52 Å². The number of likely N-dealkylation sites (tertiary alicyclic amines) is 1. The number of carbonyl (C=O) groups excluding carboxylic acids is 1. The molecular formula is C26H30ClN3O2. The first kappa shape index (κ1) is 21.5. The van der Waals surface area contributed by atoms with E-state index in [0.29, 0.717) is 24.2 Å². The maximum Gasteiger partial charge on any atom is 0.233 e. The molecular weight excluding hydrogens is 422 g/mol. The van der Waals surface area contributed by atoms with Crippen LogP contribution in [0.25, 0.3) is 5.52 Å². The first-order valence-corrected chi connectivity index (χ1v) is 12.1. The van der Waals surface area contributed by atoms with E-state index < -0.39 is 5.41 Å². The Labute approximate surface area is 194 Å². The second kappa shape index (κ2) is 9.24. The molecule has 0 N–H and O–H groups in total. The third kappa shape index (κ3) is 4.16. The van der Waals surface area contributed by atoms with Crippen LogP contribution in [0.5, 0.6) is 0 Å². The topological polar surface area (TPSA) is 46.8 Å². The lowest BCUT2D eigenvalue weighted by Gasteiger charge is -2.40. The molecule has 1 aromatic carbocycles.